The lowest BCUT2D eigenvalue weighted by molar-refractivity contribution is 0.0745. The van der Waals surface area contributed by atoms with Gasteiger partial charge in [0.1, 0.15) is 0 Å². The molecule has 5 heteroatoms. The summed E-state index contributed by atoms with van der Waals surface area (Å²) in [5.41, 5.74) is 3.88. The maximum Gasteiger partial charge on any atom is 0.254 e. The molecule has 5 nitrogen and oxygen atoms in total. The van der Waals surface area contributed by atoms with Crippen LogP contribution >= 0.6 is 0 Å². The molecule has 2 aromatic rings. The molecule has 0 saturated carbocycles. The first kappa shape index (κ1) is 15.5. The van der Waals surface area contributed by atoms with Crippen molar-refractivity contribution in [3.8, 4) is 0 Å². The number of nitrogens with zero attached hydrogens (tertiary/aromatic N) is 4. The van der Waals surface area contributed by atoms with Gasteiger partial charge in [-0.15, -0.1) is 5.10 Å². The lowest BCUT2D eigenvalue weighted by Gasteiger charge is -2.35. The van der Waals surface area contributed by atoms with Crippen LogP contribution in [0, 0.1) is 20.8 Å². The molecule has 1 aromatic heterocycles. The zero-order valence-corrected chi connectivity index (χ0v) is 13.9. The molecule has 2 heterocycles. The zero-order chi connectivity index (χ0) is 16.4. The Kier molecular flexibility index (Phi) is 4.28. The topological polar surface area (TPSA) is 49.3 Å². The van der Waals surface area contributed by atoms with E-state index in [1.165, 1.54) is 0 Å². The number of aromatic nitrogens is 2. The fourth-order valence-corrected chi connectivity index (χ4v) is 2.84. The van der Waals surface area contributed by atoms with Crippen LogP contribution in [-0.4, -0.2) is 47.2 Å². The molecule has 0 bridgehead atoms. The standard InChI is InChI=1S/C18H22N4O/c1-13-4-5-14(2)16(12-13)18(23)22-10-8-21(9-11-22)17-7-6-15(3)19-20-17/h4-7,12H,8-11H2,1-3H3. The van der Waals surface area contributed by atoms with Gasteiger partial charge >= 0.3 is 0 Å². The highest BCUT2D eigenvalue weighted by atomic mass is 16.2. The maximum atomic E-state index is 12.7. The molecule has 3 rings (SSSR count). The van der Waals surface area contributed by atoms with Crippen LogP contribution in [0.4, 0.5) is 5.82 Å². The van der Waals surface area contributed by atoms with Crippen molar-refractivity contribution in [2.45, 2.75) is 20.8 Å². The van der Waals surface area contributed by atoms with Gasteiger partial charge in [0.15, 0.2) is 5.82 Å². The van der Waals surface area contributed by atoms with Gasteiger partial charge in [-0.2, -0.15) is 5.10 Å². The fourth-order valence-electron chi connectivity index (χ4n) is 2.84. The predicted octanol–water partition coefficient (Wildman–Crippen LogP) is 2.36. The SMILES string of the molecule is Cc1ccc(C)c(C(=O)N2CCN(c3ccc(C)nn3)CC2)c1. The Balaban J connectivity index is 1.67. The third-order valence-corrected chi connectivity index (χ3v) is 4.30. The summed E-state index contributed by atoms with van der Waals surface area (Å²) in [5, 5.41) is 8.33. The van der Waals surface area contributed by atoms with E-state index in [4.69, 9.17) is 0 Å². The molecular weight excluding hydrogens is 288 g/mol. The van der Waals surface area contributed by atoms with E-state index < -0.39 is 0 Å². The largest absolute Gasteiger partial charge is 0.352 e. The Morgan fingerprint density at radius 3 is 2.35 bits per heavy atom. The number of hydrogen-bond acceptors (Lipinski definition) is 4. The first-order valence-electron chi connectivity index (χ1n) is 7.96. The van der Waals surface area contributed by atoms with Crippen molar-refractivity contribution in [1.29, 1.82) is 0 Å². The van der Waals surface area contributed by atoms with Crippen molar-refractivity contribution < 1.29 is 4.79 Å². The summed E-state index contributed by atoms with van der Waals surface area (Å²) in [7, 11) is 0. The molecule has 1 amide bonds. The number of amides is 1. The molecule has 0 radical (unpaired) electrons. The molecule has 1 aliphatic heterocycles. The van der Waals surface area contributed by atoms with E-state index in [0.29, 0.717) is 13.1 Å². The number of anilines is 1. The fraction of sp³-hybridized carbons (Fsp3) is 0.389. The minimum absolute atomic E-state index is 0.126. The highest BCUT2D eigenvalue weighted by Gasteiger charge is 2.23. The number of aryl methyl sites for hydroxylation is 3. The number of benzene rings is 1. The smallest absolute Gasteiger partial charge is 0.254 e. The van der Waals surface area contributed by atoms with E-state index in [1.54, 1.807) is 0 Å². The van der Waals surface area contributed by atoms with Gasteiger partial charge in [0, 0.05) is 31.7 Å². The molecule has 0 spiro atoms. The Labute approximate surface area is 136 Å². The van der Waals surface area contributed by atoms with Crippen molar-refractivity contribution in [3.05, 3.63) is 52.7 Å². The average Bonchev–Trinajstić information content (AvgIpc) is 2.57. The monoisotopic (exact) mass is 310 g/mol. The second-order valence-electron chi connectivity index (χ2n) is 6.13. The summed E-state index contributed by atoms with van der Waals surface area (Å²) in [4.78, 5) is 16.9. The quantitative estimate of drug-likeness (QED) is 0.854. The van der Waals surface area contributed by atoms with Crippen LogP contribution in [-0.2, 0) is 0 Å². The third-order valence-electron chi connectivity index (χ3n) is 4.30. The third kappa shape index (κ3) is 3.33. The van der Waals surface area contributed by atoms with Crippen LogP contribution in [0.15, 0.2) is 30.3 Å². The van der Waals surface area contributed by atoms with E-state index in [-0.39, 0.29) is 5.91 Å². The summed E-state index contributed by atoms with van der Waals surface area (Å²) < 4.78 is 0. The van der Waals surface area contributed by atoms with Gasteiger partial charge in [-0.05, 0) is 44.5 Å². The lowest BCUT2D eigenvalue weighted by Crippen LogP contribution is -2.49. The van der Waals surface area contributed by atoms with Crippen molar-refractivity contribution in [3.63, 3.8) is 0 Å². The second-order valence-corrected chi connectivity index (χ2v) is 6.13. The van der Waals surface area contributed by atoms with Gasteiger partial charge in [-0.3, -0.25) is 4.79 Å². The summed E-state index contributed by atoms with van der Waals surface area (Å²) in [5.74, 6) is 1.01. The summed E-state index contributed by atoms with van der Waals surface area (Å²) in [6.45, 7) is 8.93. The first-order valence-corrected chi connectivity index (χ1v) is 7.96. The molecule has 0 atom stereocenters. The van der Waals surface area contributed by atoms with E-state index in [1.807, 2.05) is 56.0 Å². The molecule has 1 fully saturated rings. The summed E-state index contributed by atoms with van der Waals surface area (Å²) in [6.07, 6.45) is 0. The molecule has 120 valence electrons. The van der Waals surface area contributed by atoms with Gasteiger partial charge in [-0.25, -0.2) is 0 Å². The highest BCUT2D eigenvalue weighted by Crippen LogP contribution is 2.17. The van der Waals surface area contributed by atoms with Crippen molar-refractivity contribution in [1.82, 2.24) is 15.1 Å². The van der Waals surface area contributed by atoms with Gasteiger partial charge in [0.2, 0.25) is 0 Å². The van der Waals surface area contributed by atoms with Crippen LogP contribution in [0.2, 0.25) is 0 Å². The normalized spacial score (nSPS) is 14.9. The zero-order valence-electron chi connectivity index (χ0n) is 13.9. The molecule has 0 aliphatic carbocycles. The van der Waals surface area contributed by atoms with Crippen LogP contribution in [0.25, 0.3) is 0 Å². The van der Waals surface area contributed by atoms with E-state index in [9.17, 15) is 4.79 Å². The Morgan fingerprint density at radius 1 is 0.957 bits per heavy atom. The molecule has 1 saturated heterocycles. The van der Waals surface area contributed by atoms with Gasteiger partial charge in [0.25, 0.3) is 5.91 Å². The first-order chi connectivity index (χ1) is 11.0. The Hall–Kier alpha value is -2.43. The Bertz CT molecular complexity index is 703. The van der Waals surface area contributed by atoms with Gasteiger partial charge in [0.05, 0.1) is 5.69 Å². The average molecular weight is 310 g/mol. The number of carbonyl (C=O) groups excluding carboxylic acids is 1. The van der Waals surface area contributed by atoms with Crippen molar-refractivity contribution in [2.75, 3.05) is 31.1 Å². The molecular formula is C18H22N4O. The number of piperazine rings is 1. The molecule has 0 N–H and O–H groups in total. The van der Waals surface area contributed by atoms with Gasteiger partial charge in [-0.1, -0.05) is 17.7 Å². The highest BCUT2D eigenvalue weighted by molar-refractivity contribution is 5.96. The summed E-state index contributed by atoms with van der Waals surface area (Å²) in [6, 6.07) is 10.00. The van der Waals surface area contributed by atoms with Crippen LogP contribution in [0.3, 0.4) is 0 Å². The minimum atomic E-state index is 0.126. The second kappa shape index (κ2) is 6.36. The van der Waals surface area contributed by atoms with Crippen molar-refractivity contribution >= 4 is 11.7 Å². The molecule has 0 unspecified atom stereocenters. The molecule has 1 aliphatic rings. The summed E-state index contributed by atoms with van der Waals surface area (Å²) >= 11 is 0. The number of rotatable bonds is 2. The van der Waals surface area contributed by atoms with Crippen molar-refractivity contribution in [2.24, 2.45) is 0 Å². The van der Waals surface area contributed by atoms with Crippen LogP contribution in [0.5, 0.6) is 0 Å². The van der Waals surface area contributed by atoms with E-state index in [0.717, 1.165) is 41.3 Å². The number of hydrogen-bond donors (Lipinski definition) is 0. The number of carbonyl (C=O) groups is 1. The van der Waals surface area contributed by atoms with Crippen LogP contribution < -0.4 is 4.90 Å². The van der Waals surface area contributed by atoms with Gasteiger partial charge < -0.3 is 9.80 Å². The predicted molar refractivity (Wildman–Crippen MR) is 90.8 cm³/mol. The van der Waals surface area contributed by atoms with E-state index >= 15 is 0 Å². The van der Waals surface area contributed by atoms with Crippen LogP contribution in [0.1, 0.15) is 27.2 Å². The van der Waals surface area contributed by atoms with E-state index in [2.05, 4.69) is 15.1 Å². The molecule has 23 heavy (non-hydrogen) atoms. The minimum Gasteiger partial charge on any atom is -0.352 e. The maximum absolute atomic E-state index is 12.7. The lowest BCUT2D eigenvalue weighted by atomic mass is 10.0. The molecule has 1 aromatic carbocycles. The Morgan fingerprint density at radius 2 is 1.70 bits per heavy atom.